The lowest BCUT2D eigenvalue weighted by Gasteiger charge is -2.73. The number of ether oxygens (including phenoxy) is 5. The van der Waals surface area contributed by atoms with E-state index >= 15 is 0 Å². The van der Waals surface area contributed by atoms with Gasteiger partial charge < -0.3 is 64.5 Å². The molecular formula is C42H68O13. The van der Waals surface area contributed by atoms with Gasteiger partial charge in [0.05, 0.1) is 43.7 Å². The van der Waals surface area contributed by atoms with Crippen LogP contribution in [0.25, 0.3) is 0 Å². The normalized spacial score (nSPS) is 59.7. The molecule has 0 aromatic rings. The van der Waals surface area contributed by atoms with Crippen LogP contribution in [0, 0.1) is 50.2 Å². The largest absolute Gasteiger partial charge is 0.396 e. The van der Waals surface area contributed by atoms with E-state index < -0.39 is 91.2 Å². The van der Waals surface area contributed by atoms with Crippen LogP contribution in [-0.2, 0) is 23.7 Å². The van der Waals surface area contributed by atoms with Crippen molar-refractivity contribution >= 4 is 0 Å². The quantitative estimate of drug-likeness (QED) is 0.143. The Bertz CT molecular complexity index is 1490. The lowest BCUT2D eigenvalue weighted by Crippen LogP contribution is -2.72. The molecular weight excluding hydrogens is 712 g/mol. The number of aliphatic hydroxyl groups is 8. The predicted molar refractivity (Wildman–Crippen MR) is 197 cm³/mol. The molecule has 5 aliphatic carbocycles. The topological polar surface area (TPSA) is 208 Å². The fourth-order valence-corrected chi connectivity index (χ4v) is 14.3. The minimum atomic E-state index is -1.67. The first-order valence-electron chi connectivity index (χ1n) is 20.9. The van der Waals surface area contributed by atoms with Crippen LogP contribution >= 0.6 is 0 Å². The molecule has 7 fully saturated rings. The van der Waals surface area contributed by atoms with Crippen LogP contribution in [0.2, 0.25) is 0 Å². The maximum atomic E-state index is 12.1. The number of fused-ring (bicyclic) bond motifs is 4. The summed E-state index contributed by atoms with van der Waals surface area (Å²) < 4.78 is 31.2. The summed E-state index contributed by atoms with van der Waals surface area (Å²) in [5, 5.41) is 87.5. The molecule has 0 radical (unpaired) electrons. The highest BCUT2D eigenvalue weighted by atomic mass is 16.7. The Balaban J connectivity index is 1.06. The van der Waals surface area contributed by atoms with E-state index in [1.165, 1.54) is 6.92 Å². The SMILES string of the molecule is C[C@H]1O[C@@H](O[C@H]2[C@@H](O)[C@@H](CO)O[C@@H](O[C@H]3CC[C@@]4(C)[C@H](CC[C@@]5(C)[C@H]4C=C[C@@]46OC[C@@]7(CCC(C)(C)C[C@@H]74)[C@H](O)C[C@]56C)[C@]3(C)CO)[C@@H]2O)[C@H](O)[C@@H](O)[C@@H]1O. The fourth-order valence-electron chi connectivity index (χ4n) is 14.3. The molecule has 2 bridgehead atoms. The van der Waals surface area contributed by atoms with E-state index in [0.717, 1.165) is 38.5 Å². The van der Waals surface area contributed by atoms with E-state index in [-0.39, 0.29) is 51.4 Å². The van der Waals surface area contributed by atoms with Crippen LogP contribution in [0.1, 0.15) is 99.8 Å². The van der Waals surface area contributed by atoms with Gasteiger partial charge in [0, 0.05) is 22.2 Å². The minimum absolute atomic E-state index is 0.0158. The first-order chi connectivity index (χ1) is 25.7. The van der Waals surface area contributed by atoms with Crippen molar-refractivity contribution < 1.29 is 64.5 Å². The molecule has 55 heavy (non-hydrogen) atoms. The lowest BCUT2D eigenvalue weighted by molar-refractivity contribution is -0.368. The molecule has 0 unspecified atom stereocenters. The summed E-state index contributed by atoms with van der Waals surface area (Å²) >= 11 is 0. The van der Waals surface area contributed by atoms with Crippen LogP contribution in [0.4, 0.5) is 0 Å². The second kappa shape index (κ2) is 13.4. The summed E-state index contributed by atoms with van der Waals surface area (Å²) in [6, 6.07) is 0. The van der Waals surface area contributed by atoms with E-state index in [2.05, 4.69) is 46.8 Å². The van der Waals surface area contributed by atoms with Gasteiger partial charge in [0.25, 0.3) is 0 Å². The fraction of sp³-hybridized carbons (Fsp3) is 0.952. The Kier molecular flexibility index (Phi) is 9.95. The average molecular weight is 781 g/mol. The van der Waals surface area contributed by atoms with Crippen LogP contribution in [0.3, 0.4) is 0 Å². The van der Waals surface area contributed by atoms with Gasteiger partial charge in [-0.3, -0.25) is 0 Å². The lowest BCUT2D eigenvalue weighted by atomic mass is 9.32. The molecule has 13 nitrogen and oxygen atoms in total. The van der Waals surface area contributed by atoms with E-state index in [9.17, 15) is 40.9 Å². The molecule has 314 valence electrons. The smallest absolute Gasteiger partial charge is 0.187 e. The van der Waals surface area contributed by atoms with Gasteiger partial charge in [-0.05, 0) is 86.4 Å². The number of hydrogen-bond acceptors (Lipinski definition) is 13. The Morgan fingerprint density at radius 2 is 1.44 bits per heavy atom. The Hall–Kier alpha value is -0.780. The van der Waals surface area contributed by atoms with Crippen molar-refractivity contribution in [1.82, 2.24) is 0 Å². The molecule has 3 saturated heterocycles. The summed E-state index contributed by atoms with van der Waals surface area (Å²) in [4.78, 5) is 0. The summed E-state index contributed by atoms with van der Waals surface area (Å²) in [6.45, 7) is 15.2. The van der Waals surface area contributed by atoms with Crippen LogP contribution in [0.5, 0.6) is 0 Å². The van der Waals surface area contributed by atoms with Gasteiger partial charge in [-0.1, -0.05) is 53.7 Å². The van der Waals surface area contributed by atoms with E-state index in [4.69, 9.17) is 23.7 Å². The highest BCUT2D eigenvalue weighted by Crippen LogP contribution is 2.79. The van der Waals surface area contributed by atoms with Crippen LogP contribution < -0.4 is 0 Å². The second-order valence-electron chi connectivity index (χ2n) is 21.0. The van der Waals surface area contributed by atoms with E-state index in [1.807, 2.05) is 6.92 Å². The van der Waals surface area contributed by atoms with Gasteiger partial charge in [-0.2, -0.15) is 0 Å². The maximum absolute atomic E-state index is 12.1. The molecule has 3 aliphatic heterocycles. The number of allylic oxidation sites excluding steroid dienone is 1. The van der Waals surface area contributed by atoms with Crippen LogP contribution in [0.15, 0.2) is 12.2 Å². The maximum Gasteiger partial charge on any atom is 0.187 e. The van der Waals surface area contributed by atoms with Crippen LogP contribution in [-0.4, -0.2) is 140 Å². The molecule has 8 aliphatic rings. The number of aliphatic hydroxyl groups excluding tert-OH is 8. The first kappa shape index (κ1) is 41.0. The molecule has 21 atom stereocenters. The van der Waals surface area contributed by atoms with Gasteiger partial charge >= 0.3 is 0 Å². The second-order valence-corrected chi connectivity index (χ2v) is 21.0. The molecule has 0 amide bonds. The summed E-state index contributed by atoms with van der Waals surface area (Å²) in [5.74, 6) is 0.401. The van der Waals surface area contributed by atoms with Crippen molar-refractivity contribution in [3.8, 4) is 0 Å². The van der Waals surface area contributed by atoms with Gasteiger partial charge in [0.15, 0.2) is 12.6 Å². The van der Waals surface area contributed by atoms with Gasteiger partial charge in [0.1, 0.15) is 42.7 Å². The van der Waals surface area contributed by atoms with E-state index in [0.29, 0.717) is 19.4 Å². The summed E-state index contributed by atoms with van der Waals surface area (Å²) in [7, 11) is 0. The molecule has 13 heteroatoms. The minimum Gasteiger partial charge on any atom is -0.396 e. The molecule has 8 N–H and O–H groups in total. The van der Waals surface area contributed by atoms with Crippen molar-refractivity contribution in [2.75, 3.05) is 19.8 Å². The molecule has 0 aromatic carbocycles. The summed E-state index contributed by atoms with van der Waals surface area (Å²) in [6.07, 6.45) is -3.55. The molecule has 3 heterocycles. The van der Waals surface area contributed by atoms with Gasteiger partial charge in [-0.15, -0.1) is 0 Å². The van der Waals surface area contributed by atoms with Gasteiger partial charge in [0.2, 0.25) is 0 Å². The van der Waals surface area contributed by atoms with Crippen molar-refractivity contribution in [2.24, 2.45) is 50.2 Å². The monoisotopic (exact) mass is 780 g/mol. The van der Waals surface area contributed by atoms with Gasteiger partial charge in [-0.25, -0.2) is 0 Å². The molecule has 4 saturated carbocycles. The average Bonchev–Trinajstić information content (AvgIpc) is 3.41. The zero-order valence-corrected chi connectivity index (χ0v) is 33.7. The number of rotatable bonds is 6. The van der Waals surface area contributed by atoms with Crippen molar-refractivity contribution in [2.45, 2.75) is 179 Å². The van der Waals surface area contributed by atoms with Crippen molar-refractivity contribution in [3.05, 3.63) is 12.2 Å². The standard InChI is InChI=1S/C42H68O13/c1-21-28(46)30(48)31(49)34(52-21)55-33-29(47)22(18-43)53-35(32(33)50)54-27-10-11-37(4)23(38(27,5)19-44)8-12-39(6)24(37)9-13-42-25-16-36(2,3)14-15-41(25,20-51-42)26(45)17-40(39,42)7/h9,13,21-35,43-50H,8,10-12,14-20H2,1-7H3/t21-,22-,23+,24+,25+,26-,27+,28-,29+,30+,31-,32-,33+,34+,35+,37+,38+,39+,40-,41-,42-/m1/s1. The highest BCUT2D eigenvalue weighted by Gasteiger charge is 2.79. The van der Waals surface area contributed by atoms with Crippen molar-refractivity contribution in [3.63, 3.8) is 0 Å². The molecule has 1 spiro atoms. The Morgan fingerprint density at radius 1 is 0.727 bits per heavy atom. The van der Waals surface area contributed by atoms with Crippen molar-refractivity contribution in [1.29, 1.82) is 0 Å². The molecule has 0 aromatic heterocycles. The summed E-state index contributed by atoms with van der Waals surface area (Å²) in [5.41, 5.74) is -2.00. The zero-order valence-electron chi connectivity index (χ0n) is 33.7. The van der Waals surface area contributed by atoms with E-state index in [1.54, 1.807) is 0 Å². The third-order valence-corrected chi connectivity index (χ3v) is 17.9. The first-order valence-corrected chi connectivity index (χ1v) is 20.9. The Morgan fingerprint density at radius 3 is 2.13 bits per heavy atom. The number of hydrogen-bond donors (Lipinski definition) is 8. The zero-order chi connectivity index (χ0) is 39.9. The highest BCUT2D eigenvalue weighted by molar-refractivity contribution is 5.36. The molecule has 8 rings (SSSR count). The Labute approximate surface area is 325 Å². The third-order valence-electron chi connectivity index (χ3n) is 17.9. The third kappa shape index (κ3) is 5.44. The predicted octanol–water partition coefficient (Wildman–Crippen LogP) is 1.78.